The zero-order valence-electron chi connectivity index (χ0n) is 24.9. The summed E-state index contributed by atoms with van der Waals surface area (Å²) in [5.74, 6) is 2.19. The Kier molecular flexibility index (Phi) is 9.78. The number of sulfonamides is 1. The van der Waals surface area contributed by atoms with E-state index in [0.29, 0.717) is 18.5 Å². The molecule has 2 heterocycles. The maximum Gasteiger partial charge on any atom is 0.324 e. The first-order chi connectivity index (χ1) is 19.8. The highest BCUT2D eigenvalue weighted by molar-refractivity contribution is 7.89. The van der Waals surface area contributed by atoms with Crippen LogP contribution < -0.4 is 19.5 Å². The predicted molar refractivity (Wildman–Crippen MR) is 158 cm³/mol. The SMILES string of the molecule is CC(C)c1noc(N2CCC(COc3ccc(-c4ccc(S(=O)(=O)NCCN(C(=O)[O-])C(C)(C)C)cc4)cc3)CC2)n1. The van der Waals surface area contributed by atoms with Gasteiger partial charge >= 0.3 is 6.01 Å². The first-order valence-corrected chi connectivity index (χ1v) is 15.7. The maximum atomic E-state index is 12.7. The summed E-state index contributed by atoms with van der Waals surface area (Å²) in [5.41, 5.74) is 1.10. The van der Waals surface area contributed by atoms with Crippen molar-refractivity contribution >= 4 is 22.1 Å². The van der Waals surface area contributed by atoms with Gasteiger partial charge in [0.15, 0.2) is 5.82 Å². The smallest absolute Gasteiger partial charge is 0.324 e. The van der Waals surface area contributed by atoms with E-state index < -0.39 is 21.7 Å². The van der Waals surface area contributed by atoms with E-state index in [-0.39, 0.29) is 23.9 Å². The van der Waals surface area contributed by atoms with Gasteiger partial charge in [0.1, 0.15) is 11.8 Å². The lowest BCUT2D eigenvalue weighted by Crippen LogP contribution is -2.53. The Hall–Kier alpha value is -3.64. The Bertz CT molecular complexity index is 1420. The summed E-state index contributed by atoms with van der Waals surface area (Å²) in [5, 5.41) is 15.4. The average molecular weight is 599 g/mol. The Morgan fingerprint density at radius 3 is 2.21 bits per heavy atom. The molecule has 1 aromatic heterocycles. The number of hydrogen-bond donors (Lipinski definition) is 1. The Labute approximate surface area is 247 Å². The van der Waals surface area contributed by atoms with E-state index in [1.165, 1.54) is 12.1 Å². The molecule has 4 rings (SSSR count). The number of anilines is 1. The third-order valence-electron chi connectivity index (χ3n) is 7.33. The normalized spacial score (nSPS) is 14.8. The molecule has 1 aliphatic rings. The molecule has 2 aromatic carbocycles. The molecule has 0 aliphatic carbocycles. The van der Waals surface area contributed by atoms with Gasteiger partial charge < -0.3 is 29.0 Å². The number of carbonyl (C=O) groups is 1. The molecule has 11 nitrogen and oxygen atoms in total. The molecule has 228 valence electrons. The van der Waals surface area contributed by atoms with Crippen molar-refractivity contribution in [1.29, 1.82) is 0 Å². The van der Waals surface area contributed by atoms with Gasteiger partial charge in [-0.25, -0.2) is 13.1 Å². The molecule has 1 N–H and O–H groups in total. The van der Waals surface area contributed by atoms with Gasteiger partial charge in [-0.2, -0.15) is 4.98 Å². The summed E-state index contributed by atoms with van der Waals surface area (Å²) in [7, 11) is -3.80. The monoisotopic (exact) mass is 598 g/mol. The number of benzene rings is 2. The molecule has 3 aromatic rings. The third-order valence-corrected chi connectivity index (χ3v) is 8.80. The highest BCUT2D eigenvalue weighted by atomic mass is 32.2. The molecule has 42 heavy (non-hydrogen) atoms. The van der Waals surface area contributed by atoms with Gasteiger partial charge in [0, 0.05) is 37.6 Å². The van der Waals surface area contributed by atoms with Crippen LogP contribution in [0.5, 0.6) is 5.75 Å². The molecule has 1 aliphatic heterocycles. The van der Waals surface area contributed by atoms with E-state index in [0.717, 1.165) is 53.5 Å². The van der Waals surface area contributed by atoms with Gasteiger partial charge in [0.05, 0.1) is 11.5 Å². The first kappa shape index (κ1) is 31.3. The zero-order chi connectivity index (χ0) is 30.5. The van der Waals surface area contributed by atoms with Crippen LogP contribution in [0.1, 0.15) is 59.2 Å². The van der Waals surface area contributed by atoms with E-state index in [2.05, 4.69) is 19.8 Å². The summed E-state index contributed by atoms with van der Waals surface area (Å²) >= 11 is 0. The number of aromatic nitrogens is 2. The fourth-order valence-electron chi connectivity index (χ4n) is 4.74. The van der Waals surface area contributed by atoms with Crippen molar-refractivity contribution in [3.05, 3.63) is 54.4 Å². The van der Waals surface area contributed by atoms with Gasteiger partial charge in [-0.3, -0.25) is 0 Å². The van der Waals surface area contributed by atoms with E-state index in [9.17, 15) is 18.3 Å². The minimum atomic E-state index is -3.80. The summed E-state index contributed by atoms with van der Waals surface area (Å²) in [4.78, 5) is 19.2. The van der Waals surface area contributed by atoms with Crippen molar-refractivity contribution in [2.45, 2.75) is 63.8 Å². The molecule has 1 amide bonds. The molecule has 0 saturated carbocycles. The molecule has 0 unspecified atom stereocenters. The van der Waals surface area contributed by atoms with Crippen LogP contribution in [-0.4, -0.2) is 67.9 Å². The van der Waals surface area contributed by atoms with Gasteiger partial charge in [0.2, 0.25) is 10.0 Å². The molecule has 0 atom stereocenters. The van der Waals surface area contributed by atoms with Crippen molar-refractivity contribution in [3.63, 3.8) is 0 Å². The van der Waals surface area contributed by atoms with Gasteiger partial charge in [0.25, 0.3) is 0 Å². The number of hydrogen-bond acceptors (Lipinski definition) is 9. The minimum absolute atomic E-state index is 0.0178. The number of nitrogens with zero attached hydrogens (tertiary/aromatic N) is 4. The second kappa shape index (κ2) is 13.1. The van der Waals surface area contributed by atoms with E-state index in [4.69, 9.17) is 9.26 Å². The fourth-order valence-corrected chi connectivity index (χ4v) is 5.76. The lowest BCUT2D eigenvalue weighted by molar-refractivity contribution is -0.270. The van der Waals surface area contributed by atoms with Crippen molar-refractivity contribution < 1.29 is 27.6 Å². The summed E-state index contributed by atoms with van der Waals surface area (Å²) in [6.07, 6.45) is 0.616. The van der Waals surface area contributed by atoms with Gasteiger partial charge in [-0.15, -0.1) is 0 Å². The number of carbonyl (C=O) groups excluding carboxylic acids is 1. The molecule has 0 radical (unpaired) electrons. The van der Waals surface area contributed by atoms with Crippen molar-refractivity contribution in [1.82, 2.24) is 19.8 Å². The Morgan fingerprint density at radius 1 is 1.10 bits per heavy atom. The second-order valence-corrected chi connectivity index (χ2v) is 13.6. The average Bonchev–Trinajstić information content (AvgIpc) is 3.45. The first-order valence-electron chi connectivity index (χ1n) is 14.2. The van der Waals surface area contributed by atoms with Crippen molar-refractivity contribution in [2.24, 2.45) is 5.92 Å². The number of ether oxygens (including phenoxy) is 1. The van der Waals surface area contributed by atoms with Crippen LogP contribution in [-0.2, 0) is 10.0 Å². The lowest BCUT2D eigenvalue weighted by atomic mass is 9.98. The van der Waals surface area contributed by atoms with Crippen LogP contribution >= 0.6 is 0 Å². The van der Waals surface area contributed by atoms with E-state index >= 15 is 0 Å². The molecular weight excluding hydrogens is 558 g/mol. The van der Waals surface area contributed by atoms with Gasteiger partial charge in [-0.05, 0) is 74.9 Å². The highest BCUT2D eigenvalue weighted by Gasteiger charge is 2.24. The Morgan fingerprint density at radius 2 is 1.69 bits per heavy atom. The summed E-state index contributed by atoms with van der Waals surface area (Å²) < 4.78 is 39.4. The van der Waals surface area contributed by atoms with Crippen LogP contribution in [0, 0.1) is 5.92 Å². The van der Waals surface area contributed by atoms with Gasteiger partial charge in [-0.1, -0.05) is 43.3 Å². The van der Waals surface area contributed by atoms with Crippen LogP contribution in [0.3, 0.4) is 0 Å². The topological polar surface area (TPSA) is 141 Å². The summed E-state index contributed by atoms with van der Waals surface area (Å²) in [6, 6.07) is 14.9. The largest absolute Gasteiger partial charge is 0.530 e. The molecular formula is C30H40N5O6S-. The number of rotatable bonds is 11. The molecule has 0 spiro atoms. The minimum Gasteiger partial charge on any atom is -0.530 e. The van der Waals surface area contributed by atoms with Crippen LogP contribution in [0.15, 0.2) is 57.9 Å². The maximum absolute atomic E-state index is 12.7. The summed E-state index contributed by atoms with van der Waals surface area (Å²) in [6.45, 7) is 11.5. The number of nitrogens with one attached hydrogen (secondary N) is 1. The number of piperidine rings is 1. The zero-order valence-corrected chi connectivity index (χ0v) is 25.7. The lowest BCUT2D eigenvalue weighted by Gasteiger charge is -2.37. The Balaban J connectivity index is 1.25. The van der Waals surface area contributed by atoms with Crippen LogP contribution in [0.4, 0.5) is 10.8 Å². The van der Waals surface area contributed by atoms with Crippen molar-refractivity contribution in [2.75, 3.05) is 37.7 Å². The quantitative estimate of drug-likeness (QED) is 0.348. The molecule has 12 heteroatoms. The van der Waals surface area contributed by atoms with Crippen molar-refractivity contribution in [3.8, 4) is 16.9 Å². The second-order valence-electron chi connectivity index (χ2n) is 11.9. The number of amides is 1. The third kappa shape index (κ3) is 8.01. The molecule has 1 fully saturated rings. The predicted octanol–water partition coefficient (Wildman–Crippen LogP) is 3.88. The molecule has 1 saturated heterocycles. The van der Waals surface area contributed by atoms with Crippen LogP contribution in [0.2, 0.25) is 0 Å². The molecule has 0 bridgehead atoms. The fraction of sp³-hybridized carbons (Fsp3) is 0.500. The standard InChI is InChI=1S/C30H41N5O6S/c1-21(2)27-32-28(41-33-27)34-17-14-22(15-18-34)20-40-25-10-6-23(7-11-25)24-8-12-26(13-9-24)42(38,39)31-16-19-35(29(36)37)30(3,4)5/h6-13,21-22,31H,14-20H2,1-5H3,(H,36,37)/p-1. The van der Waals surface area contributed by atoms with Crippen LogP contribution in [0.25, 0.3) is 11.1 Å². The number of carboxylic acid groups (broad SMARTS) is 1. The highest BCUT2D eigenvalue weighted by Crippen LogP contribution is 2.27. The van der Waals surface area contributed by atoms with E-state index in [1.807, 2.05) is 38.1 Å². The van der Waals surface area contributed by atoms with E-state index in [1.54, 1.807) is 32.9 Å².